The van der Waals surface area contributed by atoms with Crippen molar-refractivity contribution in [2.24, 2.45) is 0 Å². The molecule has 0 aliphatic rings. The molecule has 0 spiro atoms. The van der Waals surface area contributed by atoms with E-state index in [4.69, 9.17) is 16.3 Å². The largest absolute Gasteiger partial charge is 0.462 e. The Kier molecular flexibility index (Phi) is 6.90. The molecule has 1 heterocycles. The van der Waals surface area contributed by atoms with Crippen LogP contribution in [0, 0.1) is 0 Å². The maximum atomic E-state index is 12.3. The topological polar surface area (TPSA) is 64.4 Å². The molecule has 1 amide bonds. The normalized spacial score (nSPS) is 10.6. The molecule has 0 N–H and O–H groups in total. The maximum Gasteiger partial charge on any atom is 0.344 e. The molecule has 1 aromatic carbocycles. The molecule has 2 rings (SSSR count). The summed E-state index contributed by atoms with van der Waals surface area (Å²) in [6.45, 7) is 7.08. The Hall–Kier alpha value is -1.99. The lowest BCUT2D eigenvalue weighted by molar-refractivity contribution is 0.0526. The summed E-state index contributed by atoms with van der Waals surface area (Å²) in [5.74, 6) is -0.377. The number of amides is 1. The van der Waals surface area contributed by atoms with Crippen LogP contribution in [0.25, 0.3) is 0 Å². The summed E-state index contributed by atoms with van der Waals surface area (Å²) in [5, 5.41) is 5.16. The highest BCUT2D eigenvalue weighted by Gasteiger charge is 2.17. The van der Waals surface area contributed by atoms with E-state index in [1.54, 1.807) is 30.0 Å². The zero-order valence-corrected chi connectivity index (χ0v) is 15.9. The molecule has 2 aromatic rings. The van der Waals surface area contributed by atoms with Gasteiger partial charge >= 0.3 is 12.0 Å². The van der Waals surface area contributed by atoms with E-state index < -0.39 is 0 Å². The van der Waals surface area contributed by atoms with Crippen molar-refractivity contribution >= 4 is 35.4 Å². The van der Waals surface area contributed by atoms with Crippen LogP contribution in [0.3, 0.4) is 0 Å². The number of ether oxygens (including phenoxy) is 1. The first kappa shape index (κ1) is 19.3. The second-order valence-electron chi connectivity index (χ2n) is 5.03. The smallest absolute Gasteiger partial charge is 0.344 e. The van der Waals surface area contributed by atoms with Crippen LogP contribution in [0.4, 0.5) is 4.79 Å². The van der Waals surface area contributed by atoms with Gasteiger partial charge in [0.25, 0.3) is 0 Å². The lowest BCUT2D eigenvalue weighted by atomic mass is 10.2. The molecule has 0 unspecified atom stereocenters. The fourth-order valence-electron chi connectivity index (χ4n) is 2.16. The minimum absolute atomic E-state index is 0.223. The third kappa shape index (κ3) is 4.76. The van der Waals surface area contributed by atoms with Crippen molar-refractivity contribution in [1.82, 2.24) is 14.7 Å². The third-order valence-corrected chi connectivity index (χ3v) is 4.80. The molecule has 0 saturated heterocycles. The average molecular weight is 382 g/mol. The van der Waals surface area contributed by atoms with Gasteiger partial charge < -0.3 is 9.64 Å². The monoisotopic (exact) mass is 381 g/mol. The molecule has 0 aliphatic heterocycles. The van der Waals surface area contributed by atoms with E-state index >= 15 is 0 Å². The van der Waals surface area contributed by atoms with Gasteiger partial charge in [-0.05, 0) is 39.0 Å². The first-order valence-electron chi connectivity index (χ1n) is 7.99. The third-order valence-electron chi connectivity index (χ3n) is 3.43. The molecular formula is C17H20ClN3O3S. The molecule has 25 heavy (non-hydrogen) atoms. The Labute approximate surface area is 156 Å². The van der Waals surface area contributed by atoms with Crippen LogP contribution in [-0.2, 0) is 4.74 Å². The molecule has 0 bridgehead atoms. The van der Waals surface area contributed by atoms with E-state index in [0.717, 1.165) is 4.90 Å². The first-order valence-corrected chi connectivity index (χ1v) is 9.19. The number of esters is 1. The van der Waals surface area contributed by atoms with Crippen LogP contribution in [0.15, 0.2) is 40.4 Å². The van der Waals surface area contributed by atoms with Crippen molar-refractivity contribution in [2.75, 3.05) is 19.7 Å². The number of hydrogen-bond acceptors (Lipinski definition) is 5. The number of halogens is 1. The van der Waals surface area contributed by atoms with Crippen molar-refractivity contribution in [3.63, 3.8) is 0 Å². The molecule has 0 fully saturated rings. The Bertz CT molecular complexity index is 759. The van der Waals surface area contributed by atoms with Crippen molar-refractivity contribution in [3.05, 3.63) is 41.0 Å². The predicted molar refractivity (Wildman–Crippen MR) is 97.5 cm³/mol. The number of carbonyl (C=O) groups is 2. The summed E-state index contributed by atoms with van der Waals surface area (Å²) in [6.07, 6.45) is 1.50. The number of rotatable bonds is 6. The quantitative estimate of drug-likeness (QED) is 0.702. The molecule has 0 atom stereocenters. The fraction of sp³-hybridized carbons (Fsp3) is 0.353. The fourth-order valence-corrected chi connectivity index (χ4v) is 3.24. The summed E-state index contributed by atoms with van der Waals surface area (Å²) in [6, 6.07) is 6.78. The van der Waals surface area contributed by atoms with Crippen molar-refractivity contribution < 1.29 is 14.3 Å². The summed E-state index contributed by atoms with van der Waals surface area (Å²) in [5.41, 5.74) is 0.460. The lowest BCUT2D eigenvalue weighted by Gasteiger charge is -2.17. The lowest BCUT2D eigenvalue weighted by Crippen LogP contribution is -2.34. The molecular weight excluding hydrogens is 362 g/mol. The van der Waals surface area contributed by atoms with Crippen LogP contribution >= 0.6 is 23.4 Å². The van der Waals surface area contributed by atoms with E-state index in [1.807, 2.05) is 19.9 Å². The van der Waals surface area contributed by atoms with E-state index in [-0.39, 0.29) is 12.0 Å². The van der Waals surface area contributed by atoms with Gasteiger partial charge in [-0.2, -0.15) is 9.78 Å². The van der Waals surface area contributed by atoms with Crippen molar-refractivity contribution in [1.29, 1.82) is 0 Å². The van der Waals surface area contributed by atoms with Crippen LogP contribution in [0.2, 0.25) is 5.02 Å². The minimum atomic E-state index is -0.377. The van der Waals surface area contributed by atoms with Gasteiger partial charge in [0.1, 0.15) is 5.03 Å². The number of aromatic nitrogens is 2. The molecule has 0 aliphatic carbocycles. The predicted octanol–water partition coefficient (Wildman–Crippen LogP) is 4.17. The van der Waals surface area contributed by atoms with Crippen LogP contribution in [0.1, 0.15) is 31.1 Å². The number of nitrogens with zero attached hydrogens (tertiary/aromatic N) is 3. The highest BCUT2D eigenvalue weighted by atomic mass is 35.5. The Balaban J connectivity index is 2.20. The SMILES string of the molecule is CCOC(=O)c1cccc(Sc2nn(C(=O)N(CC)CC)cc2Cl)c1. The molecule has 134 valence electrons. The second kappa shape index (κ2) is 8.92. The first-order chi connectivity index (χ1) is 12.0. The van der Waals surface area contributed by atoms with Gasteiger partial charge in [0.15, 0.2) is 0 Å². The number of hydrogen-bond donors (Lipinski definition) is 0. The molecule has 1 aromatic heterocycles. The highest BCUT2D eigenvalue weighted by Crippen LogP contribution is 2.32. The Morgan fingerprint density at radius 2 is 2.00 bits per heavy atom. The van der Waals surface area contributed by atoms with E-state index in [1.165, 1.54) is 22.6 Å². The summed E-state index contributed by atoms with van der Waals surface area (Å²) in [7, 11) is 0. The zero-order valence-electron chi connectivity index (χ0n) is 14.4. The molecule has 0 radical (unpaired) electrons. The molecule has 6 nitrogen and oxygen atoms in total. The minimum Gasteiger partial charge on any atom is -0.462 e. The van der Waals surface area contributed by atoms with Gasteiger partial charge in [-0.1, -0.05) is 29.4 Å². The van der Waals surface area contributed by atoms with Gasteiger partial charge in [-0.15, -0.1) is 0 Å². The van der Waals surface area contributed by atoms with Crippen LogP contribution < -0.4 is 0 Å². The number of benzene rings is 1. The zero-order chi connectivity index (χ0) is 18.4. The Morgan fingerprint density at radius 1 is 1.28 bits per heavy atom. The van der Waals surface area contributed by atoms with Crippen LogP contribution in [-0.4, -0.2) is 46.4 Å². The van der Waals surface area contributed by atoms with E-state index in [0.29, 0.717) is 35.3 Å². The van der Waals surface area contributed by atoms with Crippen LogP contribution in [0.5, 0.6) is 0 Å². The summed E-state index contributed by atoms with van der Waals surface area (Å²) in [4.78, 5) is 26.6. The second-order valence-corrected chi connectivity index (χ2v) is 6.50. The average Bonchev–Trinajstić information content (AvgIpc) is 2.97. The molecule has 0 saturated carbocycles. The number of carbonyl (C=O) groups excluding carboxylic acids is 2. The maximum absolute atomic E-state index is 12.3. The summed E-state index contributed by atoms with van der Waals surface area (Å²) < 4.78 is 6.24. The van der Waals surface area contributed by atoms with Gasteiger partial charge in [0.2, 0.25) is 0 Å². The van der Waals surface area contributed by atoms with Crippen molar-refractivity contribution in [2.45, 2.75) is 30.7 Å². The standard InChI is InChI=1S/C17H20ClN3O3S/c1-4-20(5-2)17(23)21-11-14(18)15(19-21)25-13-9-7-8-12(10-13)16(22)24-6-3/h7-11H,4-6H2,1-3H3. The van der Waals surface area contributed by atoms with Crippen molar-refractivity contribution in [3.8, 4) is 0 Å². The highest BCUT2D eigenvalue weighted by molar-refractivity contribution is 7.99. The molecule has 8 heteroatoms. The van der Waals surface area contributed by atoms with Gasteiger partial charge in [-0.3, -0.25) is 0 Å². The van der Waals surface area contributed by atoms with Gasteiger partial charge in [0, 0.05) is 18.0 Å². The van der Waals surface area contributed by atoms with Gasteiger partial charge in [0.05, 0.1) is 23.4 Å². The van der Waals surface area contributed by atoms with E-state index in [9.17, 15) is 9.59 Å². The Morgan fingerprint density at radius 3 is 2.64 bits per heavy atom. The summed E-state index contributed by atoms with van der Waals surface area (Å²) >= 11 is 7.50. The van der Waals surface area contributed by atoms with Gasteiger partial charge in [-0.25, -0.2) is 9.59 Å². The van der Waals surface area contributed by atoms with E-state index in [2.05, 4.69) is 5.10 Å².